The van der Waals surface area contributed by atoms with E-state index in [1.807, 2.05) is 15.3 Å². The van der Waals surface area contributed by atoms with Crippen LogP contribution < -0.4 is 21.2 Å². The number of aromatic nitrogens is 3. The lowest BCUT2D eigenvalue weighted by molar-refractivity contribution is 0.101. The van der Waals surface area contributed by atoms with Crippen LogP contribution in [0, 0.1) is 5.82 Å². The first kappa shape index (κ1) is 20.5. The maximum absolute atomic E-state index is 15.4. The summed E-state index contributed by atoms with van der Waals surface area (Å²) in [4.78, 5) is 29.4. The minimum atomic E-state index is -0.721. The van der Waals surface area contributed by atoms with Gasteiger partial charge in [-0.1, -0.05) is 12.8 Å². The normalized spacial score (nSPS) is 16.4. The molecule has 0 atom stereocenters. The number of pyridine rings is 1. The number of ketones is 1. The molecule has 5 rings (SSSR count). The molecule has 0 radical (unpaired) electrons. The summed E-state index contributed by atoms with van der Waals surface area (Å²) in [7, 11) is 0. The van der Waals surface area contributed by atoms with Crippen molar-refractivity contribution in [2.75, 3.05) is 24.2 Å². The minimum Gasteiger partial charge on any atom is -0.487 e. The van der Waals surface area contributed by atoms with Gasteiger partial charge in [0.2, 0.25) is 5.43 Å². The van der Waals surface area contributed by atoms with E-state index in [2.05, 4.69) is 10.3 Å². The standard InChI is InChI=1S/C23H26FN5O3/c1-14(30)15-11-29-20-16(21(15)31)18(25)17(24)19(27-7-4-9-28-10-8-26-13-28)22(20)32-12-23(29)5-2-3-6-23/h8,10-11,13,27H,2-7,9,12,25H2,1H3. The smallest absolute Gasteiger partial charge is 0.202 e. The van der Waals surface area contributed by atoms with Crippen molar-refractivity contribution in [1.82, 2.24) is 14.1 Å². The van der Waals surface area contributed by atoms with Gasteiger partial charge in [-0.25, -0.2) is 9.37 Å². The molecular weight excluding hydrogens is 413 g/mol. The van der Waals surface area contributed by atoms with Crippen LogP contribution in [0.4, 0.5) is 15.8 Å². The average molecular weight is 439 g/mol. The van der Waals surface area contributed by atoms with Crippen LogP contribution in [0.1, 0.15) is 49.4 Å². The number of aryl methyl sites for hydroxylation is 1. The Balaban J connectivity index is 1.63. The zero-order valence-corrected chi connectivity index (χ0v) is 18.0. The van der Waals surface area contributed by atoms with Crippen molar-refractivity contribution in [3.05, 3.63) is 46.5 Å². The number of nitrogens with zero attached hydrogens (tertiary/aromatic N) is 3. The number of benzene rings is 1. The molecule has 1 fully saturated rings. The third-order valence-electron chi connectivity index (χ3n) is 6.74. The first-order chi connectivity index (χ1) is 15.4. The number of nitrogens with one attached hydrogen (secondary N) is 1. The molecule has 9 heteroatoms. The number of nitrogens with two attached hydrogens (primary N) is 1. The van der Waals surface area contributed by atoms with Crippen LogP contribution in [-0.2, 0) is 12.1 Å². The molecule has 1 saturated carbocycles. The van der Waals surface area contributed by atoms with Gasteiger partial charge in [0.1, 0.15) is 12.3 Å². The number of halogens is 1. The lowest BCUT2D eigenvalue weighted by Gasteiger charge is -2.39. The molecule has 1 spiro atoms. The molecule has 2 aliphatic rings. The number of carbonyl (C=O) groups excluding carboxylic acids is 1. The Morgan fingerprint density at radius 1 is 1.38 bits per heavy atom. The number of hydrogen-bond donors (Lipinski definition) is 2. The third kappa shape index (κ3) is 3.06. The fourth-order valence-electron chi connectivity index (χ4n) is 5.06. The lowest BCUT2D eigenvalue weighted by atomic mass is 9.93. The van der Waals surface area contributed by atoms with E-state index < -0.39 is 11.2 Å². The van der Waals surface area contributed by atoms with Crippen LogP contribution in [0.25, 0.3) is 10.9 Å². The van der Waals surface area contributed by atoms with Crippen molar-refractivity contribution in [2.24, 2.45) is 0 Å². The summed E-state index contributed by atoms with van der Waals surface area (Å²) in [6.45, 7) is 2.92. The van der Waals surface area contributed by atoms with Crippen molar-refractivity contribution in [3.63, 3.8) is 0 Å². The number of nitrogen functional groups attached to an aromatic ring is 1. The second kappa shape index (κ2) is 7.65. The molecule has 32 heavy (non-hydrogen) atoms. The highest BCUT2D eigenvalue weighted by atomic mass is 19.1. The summed E-state index contributed by atoms with van der Waals surface area (Å²) >= 11 is 0. The van der Waals surface area contributed by atoms with Gasteiger partial charge in [0.15, 0.2) is 17.3 Å². The fourth-order valence-corrected chi connectivity index (χ4v) is 5.06. The summed E-state index contributed by atoms with van der Waals surface area (Å²) < 4.78 is 25.5. The zero-order chi connectivity index (χ0) is 22.5. The van der Waals surface area contributed by atoms with Crippen molar-refractivity contribution in [1.29, 1.82) is 0 Å². The van der Waals surface area contributed by atoms with Gasteiger partial charge in [0.25, 0.3) is 0 Å². The summed E-state index contributed by atoms with van der Waals surface area (Å²) in [5, 5.41) is 3.16. The molecule has 0 amide bonds. The zero-order valence-electron chi connectivity index (χ0n) is 18.0. The van der Waals surface area contributed by atoms with E-state index in [1.165, 1.54) is 6.92 Å². The van der Waals surface area contributed by atoms with Gasteiger partial charge in [-0.3, -0.25) is 9.59 Å². The van der Waals surface area contributed by atoms with Crippen LogP contribution in [-0.4, -0.2) is 33.1 Å². The van der Waals surface area contributed by atoms with Crippen LogP contribution in [0.15, 0.2) is 29.7 Å². The van der Waals surface area contributed by atoms with E-state index in [1.54, 1.807) is 18.7 Å². The van der Waals surface area contributed by atoms with Crippen molar-refractivity contribution < 1.29 is 13.9 Å². The number of imidazole rings is 1. The lowest BCUT2D eigenvalue weighted by Crippen LogP contribution is -2.42. The average Bonchev–Trinajstić information content (AvgIpc) is 3.46. The molecule has 168 valence electrons. The molecule has 0 bridgehead atoms. The van der Waals surface area contributed by atoms with E-state index in [9.17, 15) is 9.59 Å². The maximum atomic E-state index is 15.4. The summed E-state index contributed by atoms with van der Waals surface area (Å²) in [5.41, 5.74) is 5.68. The van der Waals surface area contributed by atoms with Gasteiger partial charge in [-0.05, 0) is 26.2 Å². The molecule has 1 aromatic carbocycles. The first-order valence-electron chi connectivity index (χ1n) is 11.0. The molecule has 0 unspecified atom stereocenters. The molecule has 8 nitrogen and oxygen atoms in total. The van der Waals surface area contributed by atoms with E-state index in [4.69, 9.17) is 10.5 Å². The van der Waals surface area contributed by atoms with Crippen molar-refractivity contribution >= 4 is 28.1 Å². The Bertz CT molecular complexity index is 1260. The highest BCUT2D eigenvalue weighted by molar-refractivity contribution is 6.04. The molecule has 3 heterocycles. The molecule has 1 aliphatic heterocycles. The van der Waals surface area contributed by atoms with Gasteiger partial charge < -0.3 is 24.9 Å². The van der Waals surface area contributed by atoms with Crippen LogP contribution in [0.3, 0.4) is 0 Å². The summed E-state index contributed by atoms with van der Waals surface area (Å²) in [5.74, 6) is -0.788. The predicted octanol–water partition coefficient (Wildman–Crippen LogP) is 3.29. The number of Topliss-reactive ketones (excluding diaryl/α,β-unsaturated/α-hetero) is 1. The molecule has 1 aliphatic carbocycles. The molecule has 3 aromatic rings. The van der Waals surface area contributed by atoms with E-state index in [-0.39, 0.29) is 33.6 Å². The Labute approximate surface area is 184 Å². The monoisotopic (exact) mass is 439 g/mol. The Morgan fingerprint density at radius 2 is 2.16 bits per heavy atom. The maximum Gasteiger partial charge on any atom is 0.202 e. The van der Waals surface area contributed by atoms with Gasteiger partial charge in [0.05, 0.1) is 34.0 Å². The van der Waals surface area contributed by atoms with Gasteiger partial charge >= 0.3 is 0 Å². The van der Waals surface area contributed by atoms with Gasteiger partial charge in [0, 0.05) is 31.7 Å². The Hall–Kier alpha value is -3.36. The summed E-state index contributed by atoms with van der Waals surface area (Å²) in [6.07, 6.45) is 11.5. The van der Waals surface area contributed by atoms with Gasteiger partial charge in [-0.2, -0.15) is 0 Å². The Kier molecular flexibility index (Phi) is 4.91. The molecule has 2 aromatic heterocycles. The highest BCUT2D eigenvalue weighted by Gasteiger charge is 2.42. The van der Waals surface area contributed by atoms with Crippen molar-refractivity contribution in [2.45, 2.75) is 51.1 Å². The third-order valence-corrected chi connectivity index (χ3v) is 6.74. The van der Waals surface area contributed by atoms with E-state index in [0.29, 0.717) is 24.4 Å². The van der Waals surface area contributed by atoms with E-state index >= 15 is 4.39 Å². The number of ether oxygens (including phenoxy) is 1. The largest absolute Gasteiger partial charge is 0.487 e. The van der Waals surface area contributed by atoms with Crippen LogP contribution in [0.5, 0.6) is 5.75 Å². The highest BCUT2D eigenvalue weighted by Crippen LogP contribution is 2.48. The number of fused-ring (bicyclic) bond motifs is 1. The molecule has 3 N–H and O–H groups in total. The molecular formula is C23H26FN5O3. The second-order valence-electron chi connectivity index (χ2n) is 8.75. The van der Waals surface area contributed by atoms with Crippen molar-refractivity contribution in [3.8, 4) is 5.75 Å². The first-order valence-corrected chi connectivity index (χ1v) is 11.0. The number of carbonyl (C=O) groups is 1. The minimum absolute atomic E-state index is 0.0279. The van der Waals surface area contributed by atoms with E-state index in [0.717, 1.165) is 38.6 Å². The molecule has 0 saturated heterocycles. The predicted molar refractivity (Wildman–Crippen MR) is 120 cm³/mol. The Morgan fingerprint density at radius 3 is 2.84 bits per heavy atom. The van der Waals surface area contributed by atoms with Crippen LogP contribution in [0.2, 0.25) is 0 Å². The number of rotatable bonds is 6. The number of anilines is 2. The quantitative estimate of drug-likeness (QED) is 0.347. The topological polar surface area (TPSA) is 104 Å². The fraction of sp³-hybridized carbons (Fsp3) is 0.435. The van der Waals surface area contributed by atoms with Crippen LogP contribution >= 0.6 is 0 Å². The second-order valence-corrected chi connectivity index (χ2v) is 8.75. The van der Waals surface area contributed by atoms with Gasteiger partial charge in [-0.15, -0.1) is 0 Å². The summed E-state index contributed by atoms with van der Waals surface area (Å²) in [6, 6.07) is 0. The number of hydrogen-bond acceptors (Lipinski definition) is 6. The SMILES string of the molecule is CC(=O)c1cn2c3c(c(NCCCn4ccnc4)c(F)c(N)c3c1=O)OCC21CCCC1.